The maximum atomic E-state index is 13.5. The molecular weight excluding hydrogens is 520 g/mol. The van der Waals surface area contributed by atoms with Gasteiger partial charge in [-0.1, -0.05) is 35.9 Å². The molecule has 0 heterocycles. The molecule has 0 bridgehead atoms. The van der Waals surface area contributed by atoms with Gasteiger partial charge in [-0.05, 0) is 42.3 Å². The summed E-state index contributed by atoms with van der Waals surface area (Å²) in [6.45, 7) is 1.27. The SMILES string of the molecule is COC(=O)c1cc(OC)c(OC)cc1NC(=O)CN(Cc1ccccc1C)S(=O)(=O)c1ccc(Cl)cc1. The molecule has 0 aliphatic carbocycles. The van der Waals surface area contributed by atoms with Crippen molar-refractivity contribution in [2.24, 2.45) is 0 Å². The summed E-state index contributed by atoms with van der Waals surface area (Å²) >= 11 is 5.94. The molecule has 0 spiro atoms. The number of carbonyl (C=O) groups is 2. The van der Waals surface area contributed by atoms with Crippen LogP contribution < -0.4 is 14.8 Å². The van der Waals surface area contributed by atoms with Gasteiger partial charge in [-0.3, -0.25) is 4.79 Å². The van der Waals surface area contributed by atoms with Gasteiger partial charge in [-0.25, -0.2) is 13.2 Å². The number of nitrogens with zero attached hydrogens (tertiary/aromatic N) is 1. The highest BCUT2D eigenvalue weighted by atomic mass is 35.5. The average Bonchev–Trinajstić information content (AvgIpc) is 2.88. The maximum Gasteiger partial charge on any atom is 0.340 e. The second kappa shape index (κ2) is 12.1. The Morgan fingerprint density at radius 2 is 1.57 bits per heavy atom. The van der Waals surface area contributed by atoms with Gasteiger partial charge in [0.05, 0.1) is 44.0 Å². The Morgan fingerprint density at radius 3 is 2.16 bits per heavy atom. The number of nitrogens with one attached hydrogen (secondary N) is 1. The summed E-state index contributed by atoms with van der Waals surface area (Å²) < 4.78 is 43.5. The number of ether oxygens (including phenoxy) is 3. The molecule has 1 amide bonds. The predicted octanol–water partition coefficient (Wildman–Crippen LogP) is 4.28. The van der Waals surface area contributed by atoms with Crippen molar-refractivity contribution in [3.8, 4) is 11.5 Å². The molecule has 196 valence electrons. The van der Waals surface area contributed by atoms with E-state index in [0.29, 0.717) is 5.02 Å². The number of methoxy groups -OCH3 is 3. The molecule has 0 saturated heterocycles. The van der Waals surface area contributed by atoms with Crippen LogP contribution in [-0.2, 0) is 26.1 Å². The number of amides is 1. The number of hydrogen-bond acceptors (Lipinski definition) is 7. The summed E-state index contributed by atoms with van der Waals surface area (Å²) in [7, 11) is -0.0839. The van der Waals surface area contributed by atoms with E-state index in [4.69, 9.17) is 25.8 Å². The van der Waals surface area contributed by atoms with Crippen LogP contribution in [0.4, 0.5) is 5.69 Å². The molecular formula is C26H27ClN2O7S. The fraction of sp³-hybridized carbons (Fsp3) is 0.231. The monoisotopic (exact) mass is 546 g/mol. The lowest BCUT2D eigenvalue weighted by molar-refractivity contribution is -0.116. The van der Waals surface area contributed by atoms with Crippen LogP contribution >= 0.6 is 11.6 Å². The zero-order chi connectivity index (χ0) is 27.2. The van der Waals surface area contributed by atoms with E-state index >= 15 is 0 Å². The third kappa shape index (κ3) is 6.59. The maximum absolute atomic E-state index is 13.5. The van der Waals surface area contributed by atoms with Gasteiger partial charge >= 0.3 is 5.97 Å². The van der Waals surface area contributed by atoms with Crippen molar-refractivity contribution >= 4 is 39.2 Å². The summed E-state index contributed by atoms with van der Waals surface area (Å²) in [6.07, 6.45) is 0. The van der Waals surface area contributed by atoms with Crippen LogP contribution in [0.2, 0.25) is 5.02 Å². The Bertz CT molecular complexity index is 1390. The molecule has 0 saturated carbocycles. The first-order chi connectivity index (χ1) is 17.6. The fourth-order valence-corrected chi connectivity index (χ4v) is 5.07. The molecule has 3 aromatic carbocycles. The Kier molecular flexibility index (Phi) is 9.14. The molecule has 37 heavy (non-hydrogen) atoms. The average molecular weight is 547 g/mol. The molecule has 0 atom stereocenters. The zero-order valence-corrected chi connectivity index (χ0v) is 22.4. The summed E-state index contributed by atoms with van der Waals surface area (Å²) in [5, 5.41) is 2.99. The number of hydrogen-bond donors (Lipinski definition) is 1. The Balaban J connectivity index is 1.98. The first-order valence-corrected chi connectivity index (χ1v) is 12.9. The number of carbonyl (C=O) groups excluding carboxylic acids is 2. The van der Waals surface area contributed by atoms with Gasteiger partial charge in [-0.2, -0.15) is 4.31 Å². The lowest BCUT2D eigenvalue weighted by Gasteiger charge is -2.23. The molecule has 9 nitrogen and oxygen atoms in total. The van der Waals surface area contributed by atoms with E-state index in [1.165, 1.54) is 57.7 Å². The van der Waals surface area contributed by atoms with Crippen molar-refractivity contribution < 1.29 is 32.2 Å². The van der Waals surface area contributed by atoms with E-state index in [1.807, 2.05) is 19.1 Å². The molecule has 0 fully saturated rings. The highest BCUT2D eigenvalue weighted by Gasteiger charge is 2.28. The van der Waals surface area contributed by atoms with Gasteiger partial charge in [0.25, 0.3) is 0 Å². The van der Waals surface area contributed by atoms with E-state index in [-0.39, 0.29) is 34.2 Å². The third-order valence-corrected chi connectivity index (χ3v) is 7.64. The lowest BCUT2D eigenvalue weighted by atomic mass is 10.1. The van der Waals surface area contributed by atoms with Gasteiger partial charge in [-0.15, -0.1) is 0 Å². The van der Waals surface area contributed by atoms with Crippen LogP contribution in [0.15, 0.2) is 65.6 Å². The number of anilines is 1. The second-order valence-corrected chi connectivity index (χ2v) is 10.3. The van der Waals surface area contributed by atoms with Gasteiger partial charge in [0.2, 0.25) is 15.9 Å². The molecule has 0 aromatic heterocycles. The van der Waals surface area contributed by atoms with Crippen LogP contribution in [0.25, 0.3) is 0 Å². The number of sulfonamides is 1. The van der Waals surface area contributed by atoms with Crippen molar-refractivity contribution in [2.45, 2.75) is 18.4 Å². The first-order valence-electron chi connectivity index (χ1n) is 11.0. The highest BCUT2D eigenvalue weighted by molar-refractivity contribution is 7.89. The molecule has 0 aliphatic rings. The minimum atomic E-state index is -4.10. The molecule has 3 aromatic rings. The quantitative estimate of drug-likeness (QED) is 0.378. The highest BCUT2D eigenvalue weighted by Crippen LogP contribution is 2.34. The molecule has 11 heteroatoms. The van der Waals surface area contributed by atoms with E-state index in [2.05, 4.69) is 5.32 Å². The number of rotatable bonds is 10. The molecule has 0 radical (unpaired) electrons. The van der Waals surface area contributed by atoms with E-state index in [9.17, 15) is 18.0 Å². The third-order valence-electron chi connectivity index (χ3n) is 5.58. The van der Waals surface area contributed by atoms with Crippen LogP contribution in [-0.4, -0.2) is 52.5 Å². The lowest BCUT2D eigenvalue weighted by Crippen LogP contribution is -2.38. The number of aryl methyl sites for hydroxylation is 1. The standard InChI is InChI=1S/C26H27ClN2O7S/c1-17-7-5-6-8-18(17)15-29(37(32,33)20-11-9-19(27)10-12-20)16-25(30)28-22-14-24(35-3)23(34-2)13-21(22)26(31)36-4/h5-14H,15-16H2,1-4H3,(H,28,30). The minimum Gasteiger partial charge on any atom is -0.493 e. The van der Waals surface area contributed by atoms with E-state index in [1.54, 1.807) is 12.1 Å². The topological polar surface area (TPSA) is 111 Å². The van der Waals surface area contributed by atoms with Crippen molar-refractivity contribution in [3.63, 3.8) is 0 Å². The van der Waals surface area contributed by atoms with Gasteiger partial charge < -0.3 is 19.5 Å². The smallest absolute Gasteiger partial charge is 0.340 e. The zero-order valence-electron chi connectivity index (χ0n) is 20.8. The Morgan fingerprint density at radius 1 is 0.946 bits per heavy atom. The Hall–Kier alpha value is -3.60. The summed E-state index contributed by atoms with van der Waals surface area (Å²) in [5.41, 5.74) is 1.69. The largest absolute Gasteiger partial charge is 0.493 e. The number of benzene rings is 3. The van der Waals surface area contributed by atoms with Gasteiger partial charge in [0, 0.05) is 23.7 Å². The normalized spacial score (nSPS) is 11.2. The Labute approximate surface area is 221 Å². The van der Waals surface area contributed by atoms with Crippen LogP contribution in [0.3, 0.4) is 0 Å². The van der Waals surface area contributed by atoms with E-state index < -0.39 is 28.4 Å². The summed E-state index contributed by atoms with van der Waals surface area (Å²) in [6, 6.07) is 15.7. The first kappa shape index (κ1) is 28.0. The van der Waals surface area contributed by atoms with Gasteiger partial charge in [0.15, 0.2) is 11.5 Å². The number of halogens is 1. The summed E-state index contributed by atoms with van der Waals surface area (Å²) in [5.74, 6) is -0.881. The molecule has 1 N–H and O–H groups in total. The van der Waals surface area contributed by atoms with Crippen molar-refractivity contribution in [3.05, 3.63) is 82.4 Å². The van der Waals surface area contributed by atoms with Crippen LogP contribution in [0, 0.1) is 6.92 Å². The second-order valence-electron chi connectivity index (χ2n) is 7.95. The van der Waals surface area contributed by atoms with Crippen LogP contribution in [0.5, 0.6) is 11.5 Å². The van der Waals surface area contributed by atoms with Crippen LogP contribution in [0.1, 0.15) is 21.5 Å². The molecule has 0 unspecified atom stereocenters. The van der Waals surface area contributed by atoms with E-state index in [0.717, 1.165) is 15.4 Å². The number of esters is 1. The molecule has 0 aliphatic heterocycles. The van der Waals surface area contributed by atoms with Crippen molar-refractivity contribution in [1.82, 2.24) is 4.31 Å². The summed E-state index contributed by atoms with van der Waals surface area (Å²) in [4.78, 5) is 25.5. The van der Waals surface area contributed by atoms with Crippen molar-refractivity contribution in [2.75, 3.05) is 33.2 Å². The minimum absolute atomic E-state index is 0.0134. The molecule has 3 rings (SSSR count). The van der Waals surface area contributed by atoms with Crippen molar-refractivity contribution in [1.29, 1.82) is 0 Å². The van der Waals surface area contributed by atoms with Gasteiger partial charge in [0.1, 0.15) is 0 Å². The predicted molar refractivity (Wildman–Crippen MR) is 140 cm³/mol. The fourth-order valence-electron chi connectivity index (χ4n) is 3.57.